The van der Waals surface area contributed by atoms with Crippen LogP contribution in [0.15, 0.2) is 53.1 Å². The summed E-state index contributed by atoms with van der Waals surface area (Å²) in [6.45, 7) is 5.09. The highest BCUT2D eigenvalue weighted by Gasteiger charge is 2.35. The average Bonchev–Trinajstić information content (AvgIpc) is 3.39. The first-order valence-electron chi connectivity index (χ1n) is 10.4. The van der Waals surface area contributed by atoms with Gasteiger partial charge in [-0.3, -0.25) is 4.79 Å². The molecular weight excluding hydrogens is 430 g/mol. The van der Waals surface area contributed by atoms with Crippen LogP contribution in [0.1, 0.15) is 32.1 Å². The van der Waals surface area contributed by atoms with Crippen LogP contribution in [-0.2, 0) is 4.79 Å². The van der Waals surface area contributed by atoms with Crippen molar-refractivity contribution in [1.29, 1.82) is 0 Å². The van der Waals surface area contributed by atoms with E-state index in [1.54, 1.807) is 29.2 Å². The third kappa shape index (κ3) is 5.08. The quantitative estimate of drug-likeness (QED) is 0.564. The van der Waals surface area contributed by atoms with E-state index in [1.807, 2.05) is 38.1 Å². The average molecular weight is 454 g/mol. The molecule has 1 atom stereocenters. The minimum Gasteiger partial charge on any atom is -0.339 e. The van der Waals surface area contributed by atoms with Crippen molar-refractivity contribution >= 4 is 34.9 Å². The van der Waals surface area contributed by atoms with Gasteiger partial charge in [-0.2, -0.15) is 4.98 Å². The van der Waals surface area contributed by atoms with E-state index in [9.17, 15) is 9.59 Å². The van der Waals surface area contributed by atoms with E-state index < -0.39 is 0 Å². The highest BCUT2D eigenvalue weighted by Crippen LogP contribution is 2.33. The van der Waals surface area contributed by atoms with Crippen LogP contribution in [-0.4, -0.2) is 35.2 Å². The molecule has 8 nitrogen and oxygen atoms in total. The lowest BCUT2D eigenvalue weighted by Gasteiger charge is -2.16. The van der Waals surface area contributed by atoms with Crippen molar-refractivity contribution in [2.24, 2.45) is 5.92 Å². The zero-order chi connectivity index (χ0) is 22.7. The van der Waals surface area contributed by atoms with Crippen molar-refractivity contribution in [2.45, 2.75) is 26.2 Å². The van der Waals surface area contributed by atoms with Crippen molar-refractivity contribution in [3.8, 4) is 11.4 Å². The van der Waals surface area contributed by atoms with E-state index in [1.165, 1.54) is 0 Å². The van der Waals surface area contributed by atoms with Crippen molar-refractivity contribution in [3.63, 3.8) is 0 Å². The molecule has 1 fully saturated rings. The third-order valence-corrected chi connectivity index (χ3v) is 5.32. The first kappa shape index (κ1) is 21.8. The summed E-state index contributed by atoms with van der Waals surface area (Å²) in [5.74, 6) is 0.953. The second-order valence-corrected chi connectivity index (χ2v) is 8.59. The Morgan fingerprint density at radius 3 is 2.84 bits per heavy atom. The second kappa shape index (κ2) is 9.40. The van der Waals surface area contributed by atoms with E-state index in [2.05, 4.69) is 20.8 Å². The summed E-state index contributed by atoms with van der Waals surface area (Å²) in [4.78, 5) is 30.8. The van der Waals surface area contributed by atoms with Gasteiger partial charge in [-0.05, 0) is 36.2 Å². The van der Waals surface area contributed by atoms with Gasteiger partial charge in [0.2, 0.25) is 17.6 Å². The number of urea groups is 1. The number of aromatic nitrogens is 2. The predicted molar refractivity (Wildman–Crippen MR) is 123 cm³/mol. The van der Waals surface area contributed by atoms with Crippen LogP contribution in [0.2, 0.25) is 5.02 Å². The molecule has 0 saturated carbocycles. The van der Waals surface area contributed by atoms with Crippen molar-refractivity contribution in [1.82, 2.24) is 15.5 Å². The van der Waals surface area contributed by atoms with Crippen LogP contribution in [0.3, 0.4) is 0 Å². The number of carbonyl (C=O) groups excluding carboxylic acids is 2. The number of benzene rings is 2. The summed E-state index contributed by atoms with van der Waals surface area (Å²) in [7, 11) is 0. The molecule has 2 heterocycles. The van der Waals surface area contributed by atoms with Gasteiger partial charge in [-0.15, -0.1) is 0 Å². The first-order valence-corrected chi connectivity index (χ1v) is 10.8. The largest absolute Gasteiger partial charge is 0.339 e. The Hall–Kier alpha value is -3.39. The minimum atomic E-state index is -0.268. The lowest BCUT2D eigenvalue weighted by molar-refractivity contribution is -0.117. The molecule has 3 amide bonds. The van der Waals surface area contributed by atoms with E-state index in [0.717, 1.165) is 5.69 Å². The molecule has 1 aromatic heterocycles. The molecule has 0 bridgehead atoms. The van der Waals surface area contributed by atoms with E-state index in [4.69, 9.17) is 16.1 Å². The normalized spacial score (nSPS) is 15.9. The maximum absolute atomic E-state index is 12.5. The predicted octanol–water partition coefficient (Wildman–Crippen LogP) is 4.69. The molecule has 1 aliphatic rings. The van der Waals surface area contributed by atoms with Gasteiger partial charge in [0.15, 0.2) is 0 Å². The molecule has 2 N–H and O–H groups in total. The Morgan fingerprint density at radius 2 is 2.06 bits per heavy atom. The first-order chi connectivity index (χ1) is 15.4. The molecule has 166 valence electrons. The number of hydrogen-bond acceptors (Lipinski definition) is 5. The summed E-state index contributed by atoms with van der Waals surface area (Å²) >= 11 is 6.06. The fourth-order valence-electron chi connectivity index (χ4n) is 3.49. The Kier molecular flexibility index (Phi) is 6.41. The topological polar surface area (TPSA) is 100 Å². The van der Waals surface area contributed by atoms with Gasteiger partial charge in [0, 0.05) is 41.5 Å². The third-order valence-electron chi connectivity index (χ3n) is 5.09. The summed E-state index contributed by atoms with van der Waals surface area (Å²) in [6.07, 6.45) is 0.283. The van der Waals surface area contributed by atoms with Gasteiger partial charge in [-0.25, -0.2) is 4.79 Å². The molecule has 2 aromatic carbocycles. The Morgan fingerprint density at radius 1 is 1.25 bits per heavy atom. The zero-order valence-electron chi connectivity index (χ0n) is 17.8. The smallest absolute Gasteiger partial charge is 0.319 e. The molecule has 1 saturated heterocycles. The highest BCUT2D eigenvalue weighted by atomic mass is 35.5. The number of rotatable bonds is 6. The van der Waals surface area contributed by atoms with Gasteiger partial charge in [-0.1, -0.05) is 48.8 Å². The molecule has 1 aliphatic heterocycles. The molecule has 0 spiro atoms. The number of anilines is 2. The van der Waals surface area contributed by atoms with Crippen LogP contribution >= 0.6 is 11.6 Å². The lowest BCUT2D eigenvalue weighted by atomic mass is 10.1. The molecular formula is C23H24ClN5O3. The Bertz CT molecular complexity index is 1130. The number of nitrogens with zero attached hydrogens (tertiary/aromatic N) is 3. The number of carbonyl (C=O) groups is 2. The van der Waals surface area contributed by atoms with Crippen molar-refractivity contribution < 1.29 is 14.1 Å². The lowest BCUT2D eigenvalue weighted by Crippen LogP contribution is -2.31. The molecule has 3 aromatic rings. The fraction of sp³-hybridized carbons (Fsp3) is 0.304. The summed E-state index contributed by atoms with van der Waals surface area (Å²) < 4.78 is 5.48. The van der Waals surface area contributed by atoms with Gasteiger partial charge in [0.25, 0.3) is 0 Å². The molecule has 1 unspecified atom stereocenters. The fourth-order valence-corrected chi connectivity index (χ4v) is 3.68. The molecule has 32 heavy (non-hydrogen) atoms. The van der Waals surface area contributed by atoms with E-state index in [-0.39, 0.29) is 24.3 Å². The Labute approximate surface area is 190 Å². The van der Waals surface area contributed by atoms with Gasteiger partial charge in [0.05, 0.1) is 5.92 Å². The van der Waals surface area contributed by atoms with Gasteiger partial charge < -0.3 is 20.1 Å². The zero-order valence-corrected chi connectivity index (χ0v) is 18.6. The molecule has 9 heteroatoms. The van der Waals surface area contributed by atoms with Crippen LogP contribution in [0.4, 0.5) is 16.2 Å². The monoisotopic (exact) mass is 453 g/mol. The summed E-state index contributed by atoms with van der Waals surface area (Å²) in [5, 5.41) is 10.3. The van der Waals surface area contributed by atoms with Crippen molar-refractivity contribution in [3.05, 3.63) is 59.4 Å². The second-order valence-electron chi connectivity index (χ2n) is 8.15. The van der Waals surface area contributed by atoms with E-state index in [0.29, 0.717) is 47.0 Å². The number of hydrogen-bond donors (Lipinski definition) is 2. The molecule has 0 aliphatic carbocycles. The minimum absolute atomic E-state index is 0.0179. The van der Waals surface area contributed by atoms with Crippen LogP contribution in [0, 0.1) is 5.92 Å². The van der Waals surface area contributed by atoms with E-state index >= 15 is 0 Å². The Balaban J connectivity index is 1.45. The van der Waals surface area contributed by atoms with Gasteiger partial charge in [0.1, 0.15) is 0 Å². The van der Waals surface area contributed by atoms with Crippen LogP contribution in [0.5, 0.6) is 0 Å². The summed E-state index contributed by atoms with van der Waals surface area (Å²) in [6, 6.07) is 14.1. The maximum atomic E-state index is 12.5. The standard InChI is InChI=1S/C23H24ClN5O3/c1-14(2)12-25-23(31)26-18-7-3-5-15(9-18)21-27-22(32-28-21)16-10-20(30)29(13-16)19-8-4-6-17(24)11-19/h3-9,11,14,16H,10,12-13H2,1-2H3,(H2,25,26,31). The molecule has 0 radical (unpaired) electrons. The maximum Gasteiger partial charge on any atom is 0.319 e. The SMILES string of the molecule is CC(C)CNC(=O)Nc1cccc(-c2noc(C3CC(=O)N(c4cccc(Cl)c4)C3)n2)c1. The number of amides is 3. The number of halogens is 1. The highest BCUT2D eigenvalue weighted by molar-refractivity contribution is 6.30. The number of nitrogens with one attached hydrogen (secondary N) is 2. The van der Waals surface area contributed by atoms with Crippen LogP contribution in [0.25, 0.3) is 11.4 Å². The van der Waals surface area contributed by atoms with Crippen LogP contribution < -0.4 is 15.5 Å². The summed E-state index contributed by atoms with van der Waals surface area (Å²) in [5.41, 5.74) is 2.08. The van der Waals surface area contributed by atoms with Gasteiger partial charge >= 0.3 is 6.03 Å². The van der Waals surface area contributed by atoms with Crippen molar-refractivity contribution in [2.75, 3.05) is 23.3 Å². The molecule has 4 rings (SSSR count).